The highest BCUT2D eigenvalue weighted by atomic mass is 32.2. The van der Waals surface area contributed by atoms with Crippen LogP contribution in [-0.4, -0.2) is 50.3 Å². The van der Waals surface area contributed by atoms with E-state index in [0.29, 0.717) is 12.1 Å². The Morgan fingerprint density at radius 2 is 1.44 bits per heavy atom. The third-order valence-electron chi connectivity index (χ3n) is 6.76. The number of carbonyl (C=O) groups excluding carboxylic acids is 2. The van der Waals surface area contributed by atoms with Crippen molar-refractivity contribution in [3.8, 4) is 0 Å². The Hall–Kier alpha value is -3.65. The molecule has 0 saturated heterocycles. The lowest BCUT2D eigenvalue weighted by molar-refractivity contribution is -0.139. The summed E-state index contributed by atoms with van der Waals surface area (Å²) < 4.78 is 28.9. The van der Waals surface area contributed by atoms with E-state index in [4.69, 9.17) is 0 Å². The molecule has 3 rings (SSSR count). The molecule has 2 atom stereocenters. The SMILES string of the molecule is CC[C@@H](C)NC(=O)[C@H](C)N(CCc1ccccc1)C(=O)CN(c1cc(C)cc(C)c1)S(=O)(=O)c1ccccc1. The summed E-state index contributed by atoms with van der Waals surface area (Å²) in [6.45, 7) is 9.19. The van der Waals surface area contributed by atoms with Gasteiger partial charge in [-0.1, -0.05) is 61.5 Å². The number of aryl methyl sites for hydroxylation is 2. The molecule has 0 bridgehead atoms. The van der Waals surface area contributed by atoms with Gasteiger partial charge in [0.1, 0.15) is 12.6 Å². The predicted molar refractivity (Wildman–Crippen MR) is 156 cm³/mol. The van der Waals surface area contributed by atoms with Crippen LogP contribution in [0.2, 0.25) is 0 Å². The molecule has 0 heterocycles. The van der Waals surface area contributed by atoms with Gasteiger partial charge in [0.15, 0.2) is 0 Å². The molecular weight excluding hydrogens is 510 g/mol. The van der Waals surface area contributed by atoms with Crippen LogP contribution >= 0.6 is 0 Å². The summed E-state index contributed by atoms with van der Waals surface area (Å²) in [4.78, 5) is 28.6. The zero-order valence-corrected chi connectivity index (χ0v) is 24.2. The first-order valence-electron chi connectivity index (χ1n) is 13.3. The highest BCUT2D eigenvalue weighted by Gasteiger charge is 2.32. The van der Waals surface area contributed by atoms with Gasteiger partial charge in [-0.05, 0) is 81.5 Å². The molecule has 0 unspecified atom stereocenters. The second kappa shape index (κ2) is 13.4. The maximum Gasteiger partial charge on any atom is 0.264 e. The third-order valence-corrected chi connectivity index (χ3v) is 8.55. The van der Waals surface area contributed by atoms with Gasteiger partial charge < -0.3 is 10.2 Å². The van der Waals surface area contributed by atoms with Crippen molar-refractivity contribution in [2.75, 3.05) is 17.4 Å². The van der Waals surface area contributed by atoms with Crippen molar-refractivity contribution in [1.82, 2.24) is 10.2 Å². The highest BCUT2D eigenvalue weighted by Crippen LogP contribution is 2.26. The maximum atomic E-state index is 13.9. The first-order valence-corrected chi connectivity index (χ1v) is 14.8. The lowest BCUT2D eigenvalue weighted by Crippen LogP contribution is -2.53. The number of amides is 2. The van der Waals surface area contributed by atoms with Gasteiger partial charge in [0.2, 0.25) is 11.8 Å². The van der Waals surface area contributed by atoms with Gasteiger partial charge in [0.05, 0.1) is 10.6 Å². The molecule has 1 N–H and O–H groups in total. The molecule has 3 aromatic rings. The Kier molecular flexibility index (Phi) is 10.3. The summed E-state index contributed by atoms with van der Waals surface area (Å²) in [5.41, 5.74) is 3.19. The minimum absolute atomic E-state index is 0.0451. The number of nitrogens with zero attached hydrogens (tertiary/aromatic N) is 2. The van der Waals surface area contributed by atoms with E-state index in [-0.39, 0.29) is 23.4 Å². The summed E-state index contributed by atoms with van der Waals surface area (Å²) in [6, 6.07) is 22.4. The lowest BCUT2D eigenvalue weighted by atomic mass is 10.1. The molecule has 0 saturated carbocycles. The average molecular weight is 550 g/mol. The zero-order chi connectivity index (χ0) is 28.6. The van der Waals surface area contributed by atoms with Crippen LogP contribution < -0.4 is 9.62 Å². The van der Waals surface area contributed by atoms with E-state index in [1.807, 2.05) is 64.1 Å². The quantitative estimate of drug-likeness (QED) is 0.349. The standard InChI is InChI=1S/C31H39N3O4S/c1-6-25(4)32-31(36)26(5)33(18-17-27-13-9-7-10-14-27)30(35)22-34(28-20-23(2)19-24(3)21-28)39(37,38)29-15-11-8-12-16-29/h7-16,19-21,25-26H,6,17-18,22H2,1-5H3,(H,32,36)/t25-,26+/m1/s1. The zero-order valence-electron chi connectivity index (χ0n) is 23.4. The first-order chi connectivity index (χ1) is 18.5. The topological polar surface area (TPSA) is 86.8 Å². The van der Waals surface area contributed by atoms with Crippen molar-refractivity contribution in [3.05, 3.63) is 95.6 Å². The fraction of sp³-hybridized carbons (Fsp3) is 0.355. The van der Waals surface area contributed by atoms with Crippen LogP contribution in [0.5, 0.6) is 0 Å². The van der Waals surface area contributed by atoms with Crippen LogP contribution in [0, 0.1) is 13.8 Å². The fourth-order valence-electron chi connectivity index (χ4n) is 4.38. The van der Waals surface area contributed by atoms with Gasteiger partial charge in [-0.15, -0.1) is 0 Å². The smallest absolute Gasteiger partial charge is 0.264 e. The second-order valence-electron chi connectivity index (χ2n) is 9.99. The van der Waals surface area contributed by atoms with Gasteiger partial charge in [-0.3, -0.25) is 13.9 Å². The van der Waals surface area contributed by atoms with Crippen molar-refractivity contribution < 1.29 is 18.0 Å². The number of carbonyl (C=O) groups is 2. The molecule has 39 heavy (non-hydrogen) atoms. The Labute approximate surface area is 232 Å². The molecule has 0 aliphatic rings. The number of sulfonamides is 1. The number of rotatable bonds is 12. The van der Waals surface area contributed by atoms with Crippen molar-refractivity contribution in [3.63, 3.8) is 0 Å². The predicted octanol–water partition coefficient (Wildman–Crippen LogP) is 4.87. The monoisotopic (exact) mass is 549 g/mol. The largest absolute Gasteiger partial charge is 0.352 e. The average Bonchev–Trinajstić information content (AvgIpc) is 2.92. The van der Waals surface area contributed by atoms with Gasteiger partial charge >= 0.3 is 0 Å². The van der Waals surface area contributed by atoms with Crippen molar-refractivity contribution in [1.29, 1.82) is 0 Å². The van der Waals surface area contributed by atoms with Crippen LogP contribution in [0.25, 0.3) is 0 Å². The molecular formula is C31H39N3O4S. The fourth-order valence-corrected chi connectivity index (χ4v) is 5.80. The summed E-state index contributed by atoms with van der Waals surface area (Å²) in [7, 11) is -4.07. The van der Waals surface area contributed by atoms with Crippen LogP contribution in [0.1, 0.15) is 43.9 Å². The van der Waals surface area contributed by atoms with Crippen LogP contribution in [-0.2, 0) is 26.0 Å². The molecule has 0 aliphatic heterocycles. The minimum atomic E-state index is -4.07. The molecule has 2 amide bonds. The first kappa shape index (κ1) is 29.9. The van der Waals surface area contributed by atoms with Crippen LogP contribution in [0.3, 0.4) is 0 Å². The van der Waals surface area contributed by atoms with Gasteiger partial charge in [-0.2, -0.15) is 0 Å². The molecule has 7 nitrogen and oxygen atoms in total. The molecule has 0 radical (unpaired) electrons. The Morgan fingerprint density at radius 1 is 0.872 bits per heavy atom. The van der Waals surface area contributed by atoms with Crippen molar-refractivity contribution in [2.45, 2.75) is 64.4 Å². The summed E-state index contributed by atoms with van der Waals surface area (Å²) >= 11 is 0. The van der Waals surface area contributed by atoms with E-state index in [1.54, 1.807) is 37.3 Å². The molecule has 0 aliphatic carbocycles. The second-order valence-corrected chi connectivity index (χ2v) is 11.8. The molecule has 0 fully saturated rings. The Balaban J connectivity index is 1.99. The van der Waals surface area contributed by atoms with E-state index < -0.39 is 28.5 Å². The van der Waals surface area contributed by atoms with Gasteiger partial charge in [-0.25, -0.2) is 8.42 Å². The van der Waals surface area contributed by atoms with E-state index in [9.17, 15) is 18.0 Å². The Bertz CT molecular complexity index is 1340. The molecule has 208 valence electrons. The van der Waals surface area contributed by atoms with Gasteiger partial charge in [0.25, 0.3) is 10.0 Å². The van der Waals surface area contributed by atoms with E-state index in [0.717, 1.165) is 27.4 Å². The number of hydrogen-bond donors (Lipinski definition) is 1. The summed E-state index contributed by atoms with van der Waals surface area (Å²) in [5.74, 6) is -0.717. The van der Waals surface area contributed by atoms with E-state index in [2.05, 4.69) is 5.32 Å². The summed E-state index contributed by atoms with van der Waals surface area (Å²) in [5, 5.41) is 2.95. The van der Waals surface area contributed by atoms with Crippen molar-refractivity contribution >= 4 is 27.5 Å². The van der Waals surface area contributed by atoms with Gasteiger partial charge in [0, 0.05) is 12.6 Å². The number of benzene rings is 3. The van der Waals surface area contributed by atoms with E-state index >= 15 is 0 Å². The van der Waals surface area contributed by atoms with Crippen molar-refractivity contribution in [2.24, 2.45) is 0 Å². The van der Waals surface area contributed by atoms with E-state index in [1.165, 1.54) is 17.0 Å². The van der Waals surface area contributed by atoms with Crippen LogP contribution in [0.15, 0.2) is 83.8 Å². The molecule has 0 spiro atoms. The highest BCUT2D eigenvalue weighted by molar-refractivity contribution is 7.92. The maximum absolute atomic E-state index is 13.9. The number of nitrogens with one attached hydrogen (secondary N) is 1. The minimum Gasteiger partial charge on any atom is -0.352 e. The summed E-state index contributed by atoms with van der Waals surface area (Å²) in [6.07, 6.45) is 1.29. The number of hydrogen-bond acceptors (Lipinski definition) is 4. The van der Waals surface area contributed by atoms with Crippen LogP contribution in [0.4, 0.5) is 5.69 Å². The number of anilines is 1. The third kappa shape index (κ3) is 7.93. The Morgan fingerprint density at radius 3 is 2.00 bits per heavy atom. The molecule has 3 aromatic carbocycles. The lowest BCUT2D eigenvalue weighted by Gasteiger charge is -2.32. The molecule has 8 heteroatoms. The normalized spacial score (nSPS) is 12.8. The molecule has 0 aromatic heterocycles.